The average molecular weight is 338 g/mol. The van der Waals surface area contributed by atoms with Crippen molar-refractivity contribution in [2.24, 2.45) is 5.92 Å². The molecule has 1 amide bonds. The van der Waals surface area contributed by atoms with E-state index in [2.05, 4.69) is 24.5 Å². The summed E-state index contributed by atoms with van der Waals surface area (Å²) in [5.41, 5.74) is 0.262. The number of rotatable bonds is 7. The molecule has 24 heavy (non-hydrogen) atoms. The van der Waals surface area contributed by atoms with Crippen molar-refractivity contribution in [3.05, 3.63) is 23.8 Å². The Morgan fingerprint density at radius 1 is 1.29 bits per heavy atom. The number of benzene rings is 1. The van der Waals surface area contributed by atoms with Crippen LogP contribution in [0, 0.1) is 5.92 Å². The first-order valence-corrected chi connectivity index (χ1v) is 8.18. The van der Waals surface area contributed by atoms with Crippen LogP contribution >= 0.6 is 0 Å². The van der Waals surface area contributed by atoms with Gasteiger partial charge in [-0.15, -0.1) is 0 Å². The summed E-state index contributed by atoms with van der Waals surface area (Å²) >= 11 is 0. The quantitative estimate of drug-likeness (QED) is 0.712. The van der Waals surface area contributed by atoms with Crippen molar-refractivity contribution in [2.45, 2.75) is 52.8 Å². The number of hydrogen-bond acceptors (Lipinski definition) is 5. The normalized spacial score (nSPS) is 12.8. The SMILES string of the molecule is COc1ccc(CNC(CNC(=O)OC(C)(C)C)C(C)C)c(O)c1. The van der Waals surface area contributed by atoms with Gasteiger partial charge >= 0.3 is 6.09 Å². The molecule has 136 valence electrons. The largest absolute Gasteiger partial charge is 0.507 e. The zero-order valence-electron chi connectivity index (χ0n) is 15.5. The van der Waals surface area contributed by atoms with E-state index in [0.717, 1.165) is 5.56 Å². The van der Waals surface area contributed by atoms with Crippen LogP contribution < -0.4 is 15.4 Å². The van der Waals surface area contributed by atoms with Crippen LogP contribution in [-0.4, -0.2) is 36.5 Å². The van der Waals surface area contributed by atoms with Gasteiger partial charge in [0, 0.05) is 30.8 Å². The third kappa shape index (κ3) is 7.08. The second-order valence-corrected chi connectivity index (χ2v) is 7.11. The van der Waals surface area contributed by atoms with Crippen LogP contribution in [0.4, 0.5) is 4.79 Å². The van der Waals surface area contributed by atoms with E-state index in [-0.39, 0.29) is 11.8 Å². The van der Waals surface area contributed by atoms with Crippen molar-refractivity contribution in [1.29, 1.82) is 0 Å². The number of ether oxygens (including phenoxy) is 2. The van der Waals surface area contributed by atoms with E-state index in [9.17, 15) is 9.90 Å². The fraction of sp³-hybridized carbons (Fsp3) is 0.611. The molecule has 0 fully saturated rings. The van der Waals surface area contributed by atoms with Crippen molar-refractivity contribution in [3.8, 4) is 11.5 Å². The number of phenols is 1. The number of carbonyl (C=O) groups excluding carboxylic acids is 1. The Hall–Kier alpha value is -1.95. The van der Waals surface area contributed by atoms with Crippen LogP contribution in [0.1, 0.15) is 40.2 Å². The van der Waals surface area contributed by atoms with Gasteiger partial charge in [-0.1, -0.05) is 19.9 Å². The van der Waals surface area contributed by atoms with E-state index in [4.69, 9.17) is 9.47 Å². The van der Waals surface area contributed by atoms with Gasteiger partial charge in [-0.05, 0) is 32.8 Å². The number of hydrogen-bond donors (Lipinski definition) is 3. The second kappa shape index (κ2) is 8.78. The van der Waals surface area contributed by atoms with Crippen LogP contribution in [0.25, 0.3) is 0 Å². The molecule has 1 atom stereocenters. The Morgan fingerprint density at radius 2 is 1.96 bits per heavy atom. The second-order valence-electron chi connectivity index (χ2n) is 7.11. The lowest BCUT2D eigenvalue weighted by Crippen LogP contribution is -2.45. The van der Waals surface area contributed by atoms with Crippen LogP contribution in [0.15, 0.2) is 18.2 Å². The summed E-state index contributed by atoms with van der Waals surface area (Å²) in [6, 6.07) is 5.26. The Balaban J connectivity index is 2.56. The van der Waals surface area contributed by atoms with Gasteiger partial charge in [-0.3, -0.25) is 0 Å². The van der Waals surface area contributed by atoms with Crippen molar-refractivity contribution in [2.75, 3.05) is 13.7 Å². The van der Waals surface area contributed by atoms with Crippen molar-refractivity contribution in [1.82, 2.24) is 10.6 Å². The summed E-state index contributed by atoms with van der Waals surface area (Å²) in [7, 11) is 1.56. The predicted octanol–water partition coefficient (Wildman–Crippen LogP) is 3.04. The number of aromatic hydroxyl groups is 1. The minimum Gasteiger partial charge on any atom is -0.507 e. The molecule has 0 heterocycles. The number of carbonyl (C=O) groups is 1. The van der Waals surface area contributed by atoms with Gasteiger partial charge in [0.15, 0.2) is 0 Å². The summed E-state index contributed by atoms with van der Waals surface area (Å²) in [4.78, 5) is 11.8. The lowest BCUT2D eigenvalue weighted by atomic mass is 10.0. The van der Waals surface area contributed by atoms with Gasteiger partial charge in [-0.2, -0.15) is 0 Å². The standard InChI is InChI=1S/C18H30N2O4/c1-12(2)15(11-20-17(22)24-18(3,4)5)19-10-13-7-8-14(23-6)9-16(13)21/h7-9,12,15,19,21H,10-11H2,1-6H3,(H,20,22). The molecule has 3 N–H and O–H groups in total. The summed E-state index contributed by atoms with van der Waals surface area (Å²) in [6.45, 7) is 10.6. The lowest BCUT2D eigenvalue weighted by molar-refractivity contribution is 0.0519. The van der Waals surface area contributed by atoms with Crippen LogP contribution in [0.2, 0.25) is 0 Å². The summed E-state index contributed by atoms with van der Waals surface area (Å²) in [5, 5.41) is 16.2. The molecule has 1 aromatic rings. The molecule has 0 aromatic heterocycles. The van der Waals surface area contributed by atoms with Gasteiger partial charge in [0.25, 0.3) is 0 Å². The third-order valence-electron chi connectivity index (χ3n) is 3.52. The van der Waals surface area contributed by atoms with Crippen LogP contribution in [-0.2, 0) is 11.3 Å². The highest BCUT2D eigenvalue weighted by Crippen LogP contribution is 2.23. The molecular formula is C18H30N2O4. The zero-order valence-corrected chi connectivity index (χ0v) is 15.5. The van der Waals surface area contributed by atoms with Crippen molar-refractivity contribution < 1.29 is 19.4 Å². The molecule has 0 spiro atoms. The van der Waals surface area contributed by atoms with Crippen LogP contribution in [0.5, 0.6) is 11.5 Å². The van der Waals surface area contributed by atoms with E-state index < -0.39 is 11.7 Å². The molecule has 0 aliphatic rings. The Labute approximate surface area is 144 Å². The Kier molecular flexibility index (Phi) is 7.35. The maximum Gasteiger partial charge on any atom is 0.407 e. The lowest BCUT2D eigenvalue weighted by Gasteiger charge is -2.25. The number of alkyl carbamates (subject to hydrolysis) is 1. The van der Waals surface area contributed by atoms with Gasteiger partial charge in [0.05, 0.1) is 7.11 Å². The van der Waals surface area contributed by atoms with Crippen molar-refractivity contribution in [3.63, 3.8) is 0 Å². The average Bonchev–Trinajstić information content (AvgIpc) is 2.46. The molecule has 1 rings (SSSR count). The maximum absolute atomic E-state index is 11.8. The van der Waals surface area contributed by atoms with Crippen molar-refractivity contribution >= 4 is 6.09 Å². The van der Waals surface area contributed by atoms with E-state index in [1.165, 1.54) is 0 Å². The number of nitrogens with one attached hydrogen (secondary N) is 2. The van der Waals surface area contributed by atoms with E-state index in [1.54, 1.807) is 19.2 Å². The van der Waals surface area contributed by atoms with Gasteiger partial charge < -0.3 is 25.2 Å². The molecular weight excluding hydrogens is 308 g/mol. The summed E-state index contributed by atoms with van der Waals surface area (Å²) in [6.07, 6.45) is -0.428. The first-order chi connectivity index (χ1) is 11.1. The molecule has 0 saturated carbocycles. The van der Waals surface area contributed by atoms with Gasteiger partial charge in [0.1, 0.15) is 17.1 Å². The Bertz CT molecular complexity index is 538. The highest BCUT2D eigenvalue weighted by molar-refractivity contribution is 5.67. The van der Waals surface area contributed by atoms with Gasteiger partial charge in [0.2, 0.25) is 0 Å². The van der Waals surface area contributed by atoms with Crippen LogP contribution in [0.3, 0.4) is 0 Å². The predicted molar refractivity (Wildman–Crippen MR) is 94.4 cm³/mol. The molecule has 6 nitrogen and oxygen atoms in total. The minimum atomic E-state index is -0.514. The van der Waals surface area contributed by atoms with Gasteiger partial charge in [-0.25, -0.2) is 4.79 Å². The molecule has 0 bridgehead atoms. The minimum absolute atomic E-state index is 0.0546. The van der Waals surface area contributed by atoms with E-state index >= 15 is 0 Å². The molecule has 1 aromatic carbocycles. The third-order valence-corrected chi connectivity index (χ3v) is 3.52. The topological polar surface area (TPSA) is 79.8 Å². The zero-order chi connectivity index (χ0) is 18.3. The first-order valence-electron chi connectivity index (χ1n) is 8.18. The fourth-order valence-electron chi connectivity index (χ4n) is 2.11. The highest BCUT2D eigenvalue weighted by atomic mass is 16.6. The van der Waals surface area contributed by atoms with E-state index in [1.807, 2.05) is 26.8 Å². The molecule has 0 saturated heterocycles. The highest BCUT2D eigenvalue weighted by Gasteiger charge is 2.19. The molecule has 0 aliphatic carbocycles. The Morgan fingerprint density at radius 3 is 2.46 bits per heavy atom. The van der Waals surface area contributed by atoms with E-state index in [0.29, 0.717) is 24.8 Å². The molecule has 0 aliphatic heterocycles. The number of amides is 1. The monoisotopic (exact) mass is 338 g/mol. The molecule has 1 unspecified atom stereocenters. The molecule has 0 radical (unpaired) electrons. The maximum atomic E-state index is 11.8. The summed E-state index contributed by atoms with van der Waals surface area (Å²) < 4.78 is 10.3. The first kappa shape index (κ1) is 20.1. The molecule has 6 heteroatoms. The number of phenolic OH excluding ortho intramolecular Hbond substituents is 1. The smallest absolute Gasteiger partial charge is 0.407 e. The number of methoxy groups -OCH3 is 1. The summed E-state index contributed by atoms with van der Waals surface area (Å²) in [5.74, 6) is 1.10. The fourth-order valence-corrected chi connectivity index (χ4v) is 2.11.